The van der Waals surface area contributed by atoms with Crippen molar-refractivity contribution in [2.24, 2.45) is 0 Å². The van der Waals surface area contributed by atoms with Gasteiger partial charge in [-0.15, -0.1) is 0 Å². The zero-order valence-corrected chi connectivity index (χ0v) is 6.18. The smallest absolute Gasteiger partial charge is 0.412 e. The number of oxazole rings is 1. The number of fused-ring (bicyclic) bond motifs is 1. The molecular weight excluding hydrogens is 142 g/mol. The normalized spacial score (nSPS) is 15.9. The van der Waals surface area contributed by atoms with E-state index in [1.807, 2.05) is 19.4 Å². The second-order valence-electron chi connectivity index (χ2n) is 2.65. The van der Waals surface area contributed by atoms with Crippen molar-refractivity contribution in [3.63, 3.8) is 0 Å². The molecule has 2 rings (SSSR count). The van der Waals surface area contributed by atoms with E-state index in [0.29, 0.717) is 0 Å². The second-order valence-corrected chi connectivity index (χ2v) is 2.65. The van der Waals surface area contributed by atoms with Gasteiger partial charge in [-0.05, 0) is 6.92 Å². The topological polar surface area (TPSA) is 46.0 Å². The van der Waals surface area contributed by atoms with Crippen LogP contribution < -0.4 is 5.76 Å². The van der Waals surface area contributed by atoms with Crippen molar-refractivity contribution in [2.75, 3.05) is 0 Å². The van der Waals surface area contributed by atoms with E-state index < -0.39 is 0 Å². The summed E-state index contributed by atoms with van der Waals surface area (Å²) >= 11 is 0. The molecule has 1 N–H and O–H groups in total. The van der Waals surface area contributed by atoms with Crippen molar-refractivity contribution in [2.45, 2.75) is 13.3 Å². The Bertz CT molecular complexity index is 361. The minimum absolute atomic E-state index is 0. The summed E-state index contributed by atoms with van der Waals surface area (Å²) in [6.07, 6.45) is 4.65. The first-order chi connectivity index (χ1) is 5.25. The average Bonchev–Trinajstić information content (AvgIpc) is 2.27. The lowest BCUT2D eigenvalue weighted by Gasteiger charge is -2.05. The SMILES string of the molecule is CC1=CCc2oc(=O)[nH]c2[CH]1.[HH]. The summed E-state index contributed by atoms with van der Waals surface area (Å²) in [5.74, 6) is 0.370. The number of nitrogens with one attached hydrogen (secondary N) is 1. The molecular formula is C8H10NO2. The van der Waals surface area contributed by atoms with Crippen LogP contribution in [0.4, 0.5) is 0 Å². The highest BCUT2D eigenvalue weighted by molar-refractivity contribution is 5.35. The molecule has 0 atom stereocenters. The Labute approximate surface area is 65.2 Å². The fraction of sp³-hybridized carbons (Fsp3) is 0.250. The van der Waals surface area contributed by atoms with Gasteiger partial charge in [0, 0.05) is 14.3 Å². The number of aromatic amines is 1. The van der Waals surface area contributed by atoms with E-state index in [2.05, 4.69) is 4.98 Å². The predicted molar refractivity (Wildman–Crippen MR) is 42.3 cm³/mol. The minimum Gasteiger partial charge on any atom is -0.412 e. The van der Waals surface area contributed by atoms with Gasteiger partial charge in [0.25, 0.3) is 0 Å². The van der Waals surface area contributed by atoms with Gasteiger partial charge in [0.05, 0.1) is 5.69 Å². The van der Waals surface area contributed by atoms with Crippen LogP contribution in [0.15, 0.2) is 20.9 Å². The molecule has 1 aromatic heterocycles. The number of hydrogen-bond donors (Lipinski definition) is 1. The van der Waals surface area contributed by atoms with Gasteiger partial charge < -0.3 is 4.42 Å². The molecule has 1 radical (unpaired) electrons. The van der Waals surface area contributed by atoms with Crippen LogP contribution >= 0.6 is 0 Å². The number of hydrogen-bond acceptors (Lipinski definition) is 2. The molecule has 0 fully saturated rings. The van der Waals surface area contributed by atoms with Crippen molar-refractivity contribution in [3.8, 4) is 0 Å². The quantitative estimate of drug-likeness (QED) is 0.608. The highest BCUT2D eigenvalue weighted by atomic mass is 16.4. The molecule has 0 saturated heterocycles. The maximum atomic E-state index is 10.7. The van der Waals surface area contributed by atoms with Crippen LogP contribution in [0.2, 0.25) is 0 Å². The van der Waals surface area contributed by atoms with Crippen LogP contribution in [-0.4, -0.2) is 4.98 Å². The van der Waals surface area contributed by atoms with Gasteiger partial charge in [-0.2, -0.15) is 0 Å². The Hall–Kier alpha value is -1.25. The van der Waals surface area contributed by atoms with E-state index in [1.54, 1.807) is 0 Å². The zero-order valence-electron chi connectivity index (χ0n) is 6.18. The average molecular weight is 152 g/mol. The Morgan fingerprint density at radius 2 is 2.55 bits per heavy atom. The van der Waals surface area contributed by atoms with Gasteiger partial charge in [-0.3, -0.25) is 4.98 Å². The van der Waals surface area contributed by atoms with Gasteiger partial charge in [0.15, 0.2) is 0 Å². The van der Waals surface area contributed by atoms with Gasteiger partial charge in [0.1, 0.15) is 5.76 Å². The molecule has 0 saturated carbocycles. The lowest BCUT2D eigenvalue weighted by Crippen LogP contribution is -1.98. The van der Waals surface area contributed by atoms with Crippen molar-refractivity contribution < 1.29 is 5.84 Å². The molecule has 1 heterocycles. The van der Waals surface area contributed by atoms with Crippen LogP contribution in [-0.2, 0) is 6.42 Å². The molecule has 0 spiro atoms. The molecule has 0 aromatic carbocycles. The van der Waals surface area contributed by atoms with E-state index in [0.717, 1.165) is 23.4 Å². The third-order valence-electron chi connectivity index (χ3n) is 1.73. The molecule has 0 amide bonds. The van der Waals surface area contributed by atoms with E-state index in [1.165, 1.54) is 0 Å². The van der Waals surface area contributed by atoms with E-state index in [-0.39, 0.29) is 7.18 Å². The summed E-state index contributed by atoms with van der Waals surface area (Å²) in [5.41, 5.74) is 1.98. The fourth-order valence-electron chi connectivity index (χ4n) is 1.18. The molecule has 11 heavy (non-hydrogen) atoms. The van der Waals surface area contributed by atoms with Crippen LogP contribution in [0.5, 0.6) is 0 Å². The molecule has 1 aliphatic rings. The van der Waals surface area contributed by atoms with Crippen molar-refractivity contribution in [3.05, 3.63) is 40.1 Å². The molecule has 0 unspecified atom stereocenters. The lowest BCUT2D eigenvalue weighted by atomic mass is 10.0. The number of aromatic nitrogens is 1. The predicted octanol–water partition coefficient (Wildman–Crippen LogP) is 1.27. The van der Waals surface area contributed by atoms with E-state index in [9.17, 15) is 4.79 Å². The zero-order chi connectivity index (χ0) is 7.84. The first kappa shape index (κ1) is 6.46. The van der Waals surface area contributed by atoms with E-state index in [4.69, 9.17) is 4.42 Å². The first-order valence-electron chi connectivity index (χ1n) is 3.49. The minimum atomic E-state index is -0.366. The summed E-state index contributed by atoms with van der Waals surface area (Å²) in [4.78, 5) is 13.3. The van der Waals surface area contributed by atoms with Crippen molar-refractivity contribution in [1.29, 1.82) is 0 Å². The van der Waals surface area contributed by atoms with Gasteiger partial charge in [-0.1, -0.05) is 11.6 Å². The van der Waals surface area contributed by atoms with Crippen molar-refractivity contribution in [1.82, 2.24) is 4.98 Å². The Morgan fingerprint density at radius 1 is 1.73 bits per heavy atom. The van der Waals surface area contributed by atoms with Gasteiger partial charge in [-0.25, -0.2) is 4.79 Å². The maximum Gasteiger partial charge on any atom is 0.416 e. The Kier molecular flexibility index (Phi) is 1.24. The standard InChI is InChI=1S/C8H8NO2.H2/c1-5-2-3-7-6(4-5)9-8(10)11-7;/h2,4H,3H2,1H3,(H,9,10);1H. The second kappa shape index (κ2) is 2.12. The van der Waals surface area contributed by atoms with Crippen LogP contribution in [0.25, 0.3) is 0 Å². The van der Waals surface area contributed by atoms with Crippen LogP contribution in [0.3, 0.4) is 0 Å². The molecule has 1 aliphatic carbocycles. The van der Waals surface area contributed by atoms with Crippen LogP contribution in [0, 0.1) is 6.42 Å². The summed E-state index contributed by atoms with van der Waals surface area (Å²) in [6.45, 7) is 1.99. The van der Waals surface area contributed by atoms with Crippen LogP contribution in [0.1, 0.15) is 19.8 Å². The largest absolute Gasteiger partial charge is 0.416 e. The number of rotatable bonds is 0. The summed E-state index contributed by atoms with van der Waals surface area (Å²) in [6, 6.07) is 0. The molecule has 3 heteroatoms. The molecule has 59 valence electrons. The Morgan fingerprint density at radius 3 is 3.36 bits per heavy atom. The summed E-state index contributed by atoms with van der Waals surface area (Å²) in [7, 11) is 0. The van der Waals surface area contributed by atoms with E-state index >= 15 is 0 Å². The molecule has 1 aromatic rings. The Balaban J connectivity index is 0.000000720. The monoisotopic (exact) mass is 152 g/mol. The number of H-pyrrole nitrogens is 1. The van der Waals surface area contributed by atoms with Crippen molar-refractivity contribution >= 4 is 0 Å². The third-order valence-corrected chi connectivity index (χ3v) is 1.73. The lowest BCUT2D eigenvalue weighted by molar-refractivity contribution is 0.477. The van der Waals surface area contributed by atoms with Gasteiger partial charge >= 0.3 is 5.76 Å². The molecule has 0 aliphatic heterocycles. The highest BCUT2D eigenvalue weighted by Gasteiger charge is 2.13. The summed E-state index contributed by atoms with van der Waals surface area (Å²) < 4.78 is 4.87. The van der Waals surface area contributed by atoms with Gasteiger partial charge in [0.2, 0.25) is 0 Å². The highest BCUT2D eigenvalue weighted by Crippen LogP contribution is 2.18. The number of allylic oxidation sites excluding steroid dienone is 2. The first-order valence-corrected chi connectivity index (χ1v) is 3.49. The fourth-order valence-corrected chi connectivity index (χ4v) is 1.18. The summed E-state index contributed by atoms with van der Waals surface area (Å²) in [5, 5.41) is 0. The molecule has 0 bridgehead atoms. The third kappa shape index (κ3) is 1.02. The molecule has 3 nitrogen and oxygen atoms in total. The maximum absolute atomic E-state index is 10.7.